The lowest BCUT2D eigenvalue weighted by Gasteiger charge is -2.28. The second-order valence-electron chi connectivity index (χ2n) is 5.24. The van der Waals surface area contributed by atoms with Crippen LogP contribution in [-0.2, 0) is 4.74 Å². The molecular formula is C10H19NO. The molecule has 1 saturated carbocycles. The molecule has 0 unspecified atom stereocenters. The van der Waals surface area contributed by atoms with E-state index in [1.807, 2.05) is 0 Å². The van der Waals surface area contributed by atoms with Gasteiger partial charge < -0.3 is 10.1 Å². The van der Waals surface area contributed by atoms with E-state index in [0.29, 0.717) is 23.0 Å². The highest BCUT2D eigenvalue weighted by Gasteiger charge is 2.66. The smallest absolute Gasteiger partial charge is 0.0827 e. The Kier molecular flexibility index (Phi) is 1.59. The summed E-state index contributed by atoms with van der Waals surface area (Å²) in [5.74, 6) is 0. The molecule has 0 aromatic heterocycles. The first kappa shape index (κ1) is 8.52. The van der Waals surface area contributed by atoms with Crippen molar-refractivity contribution in [2.24, 2.45) is 10.8 Å². The molecule has 1 heterocycles. The average molecular weight is 169 g/mol. The number of rotatable bonds is 2. The summed E-state index contributed by atoms with van der Waals surface area (Å²) in [6.07, 6.45) is 0.952. The first-order valence-electron chi connectivity index (χ1n) is 4.82. The van der Waals surface area contributed by atoms with Crippen LogP contribution in [0.15, 0.2) is 0 Å². The first-order valence-corrected chi connectivity index (χ1v) is 4.82. The summed E-state index contributed by atoms with van der Waals surface area (Å²) < 4.78 is 5.97. The van der Waals surface area contributed by atoms with Gasteiger partial charge in [0, 0.05) is 13.1 Å². The zero-order valence-electron chi connectivity index (χ0n) is 8.48. The zero-order chi connectivity index (χ0) is 8.98. The number of nitrogens with one attached hydrogen (secondary N) is 1. The van der Waals surface area contributed by atoms with Gasteiger partial charge in [0.1, 0.15) is 0 Å². The van der Waals surface area contributed by atoms with E-state index in [0.717, 1.165) is 13.1 Å². The number of ether oxygens (including phenoxy) is 1. The quantitative estimate of drug-likeness (QED) is 0.675. The van der Waals surface area contributed by atoms with Gasteiger partial charge in [-0.3, -0.25) is 0 Å². The predicted octanol–water partition coefficient (Wildman–Crippen LogP) is 1.41. The van der Waals surface area contributed by atoms with E-state index in [2.05, 4.69) is 33.0 Å². The Morgan fingerprint density at radius 2 is 1.58 bits per heavy atom. The molecule has 0 spiro atoms. The lowest BCUT2D eigenvalue weighted by atomic mass is 10.0. The Morgan fingerprint density at radius 3 is 1.83 bits per heavy atom. The minimum atomic E-state index is 0.378. The Morgan fingerprint density at radius 1 is 1.08 bits per heavy atom. The summed E-state index contributed by atoms with van der Waals surface area (Å²) in [6, 6.07) is 0. The maximum Gasteiger partial charge on any atom is 0.0827 e. The Balaban J connectivity index is 1.91. The maximum atomic E-state index is 5.97. The molecule has 2 rings (SSSR count). The van der Waals surface area contributed by atoms with Crippen molar-refractivity contribution in [2.45, 2.75) is 39.9 Å². The van der Waals surface area contributed by atoms with Crippen LogP contribution in [0.4, 0.5) is 0 Å². The number of hydrogen-bond acceptors (Lipinski definition) is 2. The topological polar surface area (TPSA) is 21.3 Å². The van der Waals surface area contributed by atoms with Crippen LogP contribution in [-0.4, -0.2) is 25.3 Å². The molecule has 0 atom stereocenters. The summed E-state index contributed by atoms with van der Waals surface area (Å²) in [4.78, 5) is 0. The van der Waals surface area contributed by atoms with E-state index >= 15 is 0 Å². The van der Waals surface area contributed by atoms with E-state index in [1.165, 1.54) is 0 Å². The molecule has 12 heavy (non-hydrogen) atoms. The highest BCUT2D eigenvalue weighted by Crippen LogP contribution is 2.64. The van der Waals surface area contributed by atoms with Gasteiger partial charge in [0.05, 0.1) is 12.2 Å². The first-order chi connectivity index (χ1) is 5.46. The fourth-order valence-corrected chi connectivity index (χ4v) is 2.03. The van der Waals surface area contributed by atoms with Crippen molar-refractivity contribution in [1.82, 2.24) is 5.32 Å². The fourth-order valence-electron chi connectivity index (χ4n) is 2.03. The average Bonchev–Trinajstić information content (AvgIpc) is 2.18. The van der Waals surface area contributed by atoms with E-state index in [1.54, 1.807) is 0 Å². The standard InChI is InChI=1S/C10H19NO/c1-9(2)8(10(9,3)4)12-7-5-11-6-7/h7-8,11H,5-6H2,1-4H3. The van der Waals surface area contributed by atoms with E-state index in [4.69, 9.17) is 4.74 Å². The van der Waals surface area contributed by atoms with Gasteiger partial charge >= 0.3 is 0 Å². The van der Waals surface area contributed by atoms with Crippen LogP contribution in [0.25, 0.3) is 0 Å². The minimum Gasteiger partial charge on any atom is -0.371 e. The molecule has 0 amide bonds. The van der Waals surface area contributed by atoms with Gasteiger partial charge in [-0.05, 0) is 10.8 Å². The molecule has 2 heteroatoms. The molecule has 0 aromatic rings. The monoisotopic (exact) mass is 169 g/mol. The van der Waals surface area contributed by atoms with Gasteiger partial charge in [-0.15, -0.1) is 0 Å². The van der Waals surface area contributed by atoms with Crippen LogP contribution in [0.1, 0.15) is 27.7 Å². The summed E-state index contributed by atoms with van der Waals surface area (Å²) in [6.45, 7) is 11.3. The second-order valence-corrected chi connectivity index (χ2v) is 5.24. The van der Waals surface area contributed by atoms with Gasteiger partial charge in [-0.2, -0.15) is 0 Å². The van der Waals surface area contributed by atoms with Crippen LogP contribution in [0.5, 0.6) is 0 Å². The molecule has 0 bridgehead atoms. The second kappa shape index (κ2) is 2.24. The van der Waals surface area contributed by atoms with Gasteiger partial charge in [0.25, 0.3) is 0 Å². The Hall–Kier alpha value is -0.0800. The van der Waals surface area contributed by atoms with Crippen LogP contribution >= 0.6 is 0 Å². The molecule has 2 fully saturated rings. The molecular weight excluding hydrogens is 150 g/mol. The molecule has 2 aliphatic rings. The highest BCUT2D eigenvalue weighted by molar-refractivity contribution is 5.15. The molecule has 1 saturated heterocycles. The van der Waals surface area contributed by atoms with Gasteiger partial charge in [0.2, 0.25) is 0 Å². The van der Waals surface area contributed by atoms with Crippen molar-refractivity contribution in [3.63, 3.8) is 0 Å². The van der Waals surface area contributed by atoms with Crippen molar-refractivity contribution < 1.29 is 4.74 Å². The maximum absolute atomic E-state index is 5.97. The molecule has 70 valence electrons. The van der Waals surface area contributed by atoms with E-state index in [9.17, 15) is 0 Å². The van der Waals surface area contributed by atoms with Gasteiger partial charge in [0.15, 0.2) is 0 Å². The molecule has 1 aliphatic carbocycles. The van der Waals surface area contributed by atoms with Crippen LogP contribution in [0, 0.1) is 10.8 Å². The Labute approximate surface area is 74.7 Å². The molecule has 0 radical (unpaired) electrons. The third-order valence-corrected chi connectivity index (χ3v) is 3.96. The molecule has 1 N–H and O–H groups in total. The lowest BCUT2D eigenvalue weighted by Crippen LogP contribution is -2.49. The Bertz CT molecular complexity index is 180. The highest BCUT2D eigenvalue weighted by atomic mass is 16.5. The van der Waals surface area contributed by atoms with Gasteiger partial charge in [-0.25, -0.2) is 0 Å². The van der Waals surface area contributed by atoms with Crippen LogP contribution in [0.2, 0.25) is 0 Å². The van der Waals surface area contributed by atoms with Crippen molar-refractivity contribution >= 4 is 0 Å². The number of hydrogen-bond donors (Lipinski definition) is 1. The zero-order valence-corrected chi connectivity index (χ0v) is 8.48. The van der Waals surface area contributed by atoms with E-state index < -0.39 is 0 Å². The molecule has 0 aromatic carbocycles. The van der Waals surface area contributed by atoms with Crippen LogP contribution < -0.4 is 5.32 Å². The van der Waals surface area contributed by atoms with Crippen LogP contribution in [0.3, 0.4) is 0 Å². The molecule has 1 aliphatic heterocycles. The fraction of sp³-hybridized carbons (Fsp3) is 1.00. The summed E-state index contributed by atoms with van der Waals surface area (Å²) >= 11 is 0. The lowest BCUT2D eigenvalue weighted by molar-refractivity contribution is -0.0149. The summed E-state index contributed by atoms with van der Waals surface area (Å²) in [5, 5.41) is 3.22. The van der Waals surface area contributed by atoms with Crippen molar-refractivity contribution in [2.75, 3.05) is 13.1 Å². The normalized spacial score (nSPS) is 33.0. The third kappa shape index (κ3) is 0.944. The predicted molar refractivity (Wildman–Crippen MR) is 49.1 cm³/mol. The summed E-state index contributed by atoms with van der Waals surface area (Å²) in [7, 11) is 0. The third-order valence-electron chi connectivity index (χ3n) is 3.96. The SMILES string of the molecule is CC1(C)C(OC2CNC2)C1(C)C. The van der Waals surface area contributed by atoms with Gasteiger partial charge in [-0.1, -0.05) is 27.7 Å². The van der Waals surface area contributed by atoms with Crippen molar-refractivity contribution in [1.29, 1.82) is 0 Å². The van der Waals surface area contributed by atoms with E-state index in [-0.39, 0.29) is 0 Å². The minimum absolute atomic E-state index is 0.378. The molecule has 2 nitrogen and oxygen atoms in total. The largest absolute Gasteiger partial charge is 0.371 e. The van der Waals surface area contributed by atoms with Crippen molar-refractivity contribution in [3.8, 4) is 0 Å². The summed E-state index contributed by atoms with van der Waals surface area (Å²) in [5.41, 5.74) is 0.755. The van der Waals surface area contributed by atoms with Crippen molar-refractivity contribution in [3.05, 3.63) is 0 Å².